The van der Waals surface area contributed by atoms with Crippen LogP contribution in [0.15, 0.2) is 60.7 Å². The molecule has 2 unspecified atom stereocenters. The molecule has 0 fully saturated rings. The van der Waals surface area contributed by atoms with Crippen molar-refractivity contribution in [1.82, 2.24) is 0 Å². The van der Waals surface area contributed by atoms with Gasteiger partial charge in [-0.05, 0) is 43.7 Å². The third-order valence-electron chi connectivity index (χ3n) is 5.02. The van der Waals surface area contributed by atoms with Gasteiger partial charge < -0.3 is 14.9 Å². The van der Waals surface area contributed by atoms with Crippen molar-refractivity contribution in [3.8, 4) is 0 Å². The molecule has 0 bridgehead atoms. The Bertz CT molecular complexity index is 761. The van der Waals surface area contributed by atoms with Crippen molar-refractivity contribution in [2.24, 2.45) is 5.41 Å². The van der Waals surface area contributed by atoms with E-state index in [9.17, 15) is 15.0 Å². The molecule has 0 saturated carbocycles. The fraction of sp³-hybridized carbons (Fsp3) is 0.500. The predicted octanol–water partition coefficient (Wildman–Crippen LogP) is 4.86. The highest BCUT2D eigenvalue weighted by Gasteiger charge is 2.51. The standard InChI is InChI=1S/C26H36O4/c1-24(2,3)18-21(27)17-22(28)26(19-13-9-7-10-14-19,20-15-11-8-12-16-20)23(29)30-25(4,5)6/h7-16,21-22,27-28H,17-18H2,1-6H3. The van der Waals surface area contributed by atoms with E-state index < -0.39 is 29.2 Å². The molecule has 4 nitrogen and oxygen atoms in total. The van der Waals surface area contributed by atoms with Crippen LogP contribution < -0.4 is 0 Å². The van der Waals surface area contributed by atoms with Crippen molar-refractivity contribution in [1.29, 1.82) is 0 Å². The van der Waals surface area contributed by atoms with Crippen molar-refractivity contribution >= 4 is 5.97 Å². The maximum atomic E-state index is 13.7. The molecule has 2 rings (SSSR count). The Morgan fingerprint density at radius 3 is 1.63 bits per heavy atom. The zero-order valence-electron chi connectivity index (χ0n) is 19.1. The number of benzene rings is 2. The number of ether oxygens (including phenoxy) is 1. The molecule has 0 aliphatic rings. The van der Waals surface area contributed by atoms with Gasteiger partial charge >= 0.3 is 5.97 Å². The van der Waals surface area contributed by atoms with E-state index in [0.717, 1.165) is 0 Å². The SMILES string of the molecule is CC(C)(C)CC(O)CC(O)C(C(=O)OC(C)(C)C)(c1ccccc1)c1ccccc1. The van der Waals surface area contributed by atoms with Gasteiger partial charge in [-0.25, -0.2) is 0 Å². The second-order valence-electron chi connectivity index (χ2n) is 10.2. The Hall–Kier alpha value is -2.17. The van der Waals surface area contributed by atoms with Crippen LogP contribution in [0, 0.1) is 5.41 Å². The summed E-state index contributed by atoms with van der Waals surface area (Å²) in [6.07, 6.45) is -1.36. The van der Waals surface area contributed by atoms with Crippen LogP contribution in [-0.2, 0) is 14.9 Å². The molecule has 2 aromatic carbocycles. The van der Waals surface area contributed by atoms with Crippen LogP contribution in [0.4, 0.5) is 0 Å². The Kier molecular flexibility index (Phi) is 7.49. The predicted molar refractivity (Wildman–Crippen MR) is 120 cm³/mol. The first-order chi connectivity index (χ1) is 13.9. The summed E-state index contributed by atoms with van der Waals surface area (Å²) in [7, 11) is 0. The number of carbonyl (C=O) groups excluding carboxylic acids is 1. The first-order valence-electron chi connectivity index (χ1n) is 10.6. The van der Waals surface area contributed by atoms with Gasteiger partial charge in [0, 0.05) is 6.42 Å². The molecule has 4 heteroatoms. The lowest BCUT2D eigenvalue weighted by molar-refractivity contribution is -0.165. The summed E-state index contributed by atoms with van der Waals surface area (Å²) < 4.78 is 5.84. The van der Waals surface area contributed by atoms with Crippen molar-refractivity contribution in [2.75, 3.05) is 0 Å². The summed E-state index contributed by atoms with van der Waals surface area (Å²) in [4.78, 5) is 13.7. The third kappa shape index (κ3) is 5.93. The minimum Gasteiger partial charge on any atom is -0.459 e. The van der Waals surface area contributed by atoms with E-state index in [1.54, 1.807) is 0 Å². The fourth-order valence-electron chi connectivity index (χ4n) is 3.91. The Labute approximate surface area is 180 Å². The quantitative estimate of drug-likeness (QED) is 0.637. The maximum Gasteiger partial charge on any atom is 0.324 e. The number of aliphatic hydroxyl groups excluding tert-OH is 2. The fourth-order valence-corrected chi connectivity index (χ4v) is 3.91. The maximum absolute atomic E-state index is 13.7. The monoisotopic (exact) mass is 412 g/mol. The van der Waals surface area contributed by atoms with Gasteiger partial charge in [0.05, 0.1) is 12.2 Å². The van der Waals surface area contributed by atoms with E-state index >= 15 is 0 Å². The average molecular weight is 413 g/mol. The smallest absolute Gasteiger partial charge is 0.324 e. The first kappa shape index (κ1) is 24.1. The molecule has 0 amide bonds. The Balaban J connectivity index is 2.63. The Morgan fingerprint density at radius 2 is 1.27 bits per heavy atom. The second kappa shape index (κ2) is 9.32. The number of aliphatic hydroxyl groups is 2. The van der Waals surface area contributed by atoms with Gasteiger partial charge in [-0.3, -0.25) is 4.79 Å². The molecule has 164 valence electrons. The summed E-state index contributed by atoms with van der Waals surface area (Å²) in [6, 6.07) is 18.4. The van der Waals surface area contributed by atoms with Crippen LogP contribution in [0.5, 0.6) is 0 Å². The van der Waals surface area contributed by atoms with E-state index in [4.69, 9.17) is 4.74 Å². The summed E-state index contributed by atoms with van der Waals surface area (Å²) >= 11 is 0. The van der Waals surface area contributed by atoms with E-state index in [1.807, 2.05) is 102 Å². The van der Waals surface area contributed by atoms with Gasteiger partial charge in [0.1, 0.15) is 11.0 Å². The minimum atomic E-state index is -1.45. The van der Waals surface area contributed by atoms with Crippen molar-refractivity contribution in [3.05, 3.63) is 71.8 Å². The molecule has 0 saturated heterocycles. The topological polar surface area (TPSA) is 66.8 Å². The minimum absolute atomic E-state index is 0.0559. The van der Waals surface area contributed by atoms with E-state index in [-0.39, 0.29) is 11.8 Å². The van der Waals surface area contributed by atoms with Gasteiger partial charge in [0.2, 0.25) is 0 Å². The number of rotatable bonds is 7. The van der Waals surface area contributed by atoms with Crippen LogP contribution in [0.25, 0.3) is 0 Å². The lowest BCUT2D eigenvalue weighted by Crippen LogP contribution is -2.51. The number of hydrogen-bond acceptors (Lipinski definition) is 4. The molecule has 0 aromatic heterocycles. The summed E-state index contributed by atoms with van der Waals surface area (Å²) in [5.41, 5.74) is -1.00. The van der Waals surface area contributed by atoms with Crippen LogP contribution >= 0.6 is 0 Å². The number of hydrogen-bond donors (Lipinski definition) is 2. The van der Waals surface area contributed by atoms with Gasteiger partial charge in [-0.1, -0.05) is 81.4 Å². The molecule has 30 heavy (non-hydrogen) atoms. The Morgan fingerprint density at radius 1 is 0.833 bits per heavy atom. The normalized spacial score (nSPS) is 14.8. The lowest BCUT2D eigenvalue weighted by Gasteiger charge is -2.40. The third-order valence-corrected chi connectivity index (χ3v) is 5.02. The molecule has 0 radical (unpaired) electrons. The highest BCUT2D eigenvalue weighted by Crippen LogP contribution is 2.40. The number of carbonyl (C=O) groups is 1. The van der Waals surface area contributed by atoms with Crippen molar-refractivity contribution in [2.45, 2.75) is 77.6 Å². The second-order valence-corrected chi connectivity index (χ2v) is 10.2. The van der Waals surface area contributed by atoms with Gasteiger partial charge in [-0.2, -0.15) is 0 Å². The van der Waals surface area contributed by atoms with Gasteiger partial charge in [-0.15, -0.1) is 0 Å². The molecule has 2 aromatic rings. The zero-order chi connectivity index (χ0) is 22.6. The summed E-state index contributed by atoms with van der Waals surface area (Å²) in [5.74, 6) is -0.525. The molecule has 0 aliphatic carbocycles. The highest BCUT2D eigenvalue weighted by atomic mass is 16.6. The molecule has 0 heterocycles. The molecular formula is C26H36O4. The highest BCUT2D eigenvalue weighted by molar-refractivity contribution is 5.89. The van der Waals surface area contributed by atoms with E-state index in [1.165, 1.54) is 0 Å². The van der Waals surface area contributed by atoms with E-state index in [0.29, 0.717) is 17.5 Å². The van der Waals surface area contributed by atoms with Crippen LogP contribution in [-0.4, -0.2) is 34.0 Å². The largest absolute Gasteiger partial charge is 0.459 e. The number of esters is 1. The molecule has 0 aliphatic heterocycles. The lowest BCUT2D eigenvalue weighted by atomic mass is 9.68. The van der Waals surface area contributed by atoms with Crippen LogP contribution in [0.2, 0.25) is 0 Å². The van der Waals surface area contributed by atoms with Gasteiger partial charge in [0.25, 0.3) is 0 Å². The first-order valence-corrected chi connectivity index (χ1v) is 10.6. The van der Waals surface area contributed by atoms with Crippen molar-refractivity contribution < 1.29 is 19.7 Å². The van der Waals surface area contributed by atoms with E-state index in [2.05, 4.69) is 0 Å². The van der Waals surface area contributed by atoms with Gasteiger partial charge in [0.15, 0.2) is 0 Å². The van der Waals surface area contributed by atoms with Crippen LogP contribution in [0.1, 0.15) is 65.5 Å². The molecule has 2 N–H and O–H groups in total. The van der Waals surface area contributed by atoms with Crippen LogP contribution in [0.3, 0.4) is 0 Å². The molecule has 2 atom stereocenters. The average Bonchev–Trinajstić information content (AvgIpc) is 2.61. The zero-order valence-corrected chi connectivity index (χ0v) is 19.1. The molecule has 0 spiro atoms. The summed E-state index contributed by atoms with van der Waals surface area (Å²) in [5, 5.41) is 22.3. The molecular weight excluding hydrogens is 376 g/mol. The van der Waals surface area contributed by atoms with Crippen molar-refractivity contribution in [3.63, 3.8) is 0 Å². The summed E-state index contributed by atoms with van der Waals surface area (Å²) in [6.45, 7) is 11.6.